The molecule has 0 atom stereocenters. The molecule has 0 unspecified atom stereocenters. The van der Waals surface area contributed by atoms with Crippen LogP contribution in [0.2, 0.25) is 0 Å². The van der Waals surface area contributed by atoms with Crippen LogP contribution in [0.5, 0.6) is 0 Å². The monoisotopic (exact) mass is 225 g/mol. The molecule has 16 heavy (non-hydrogen) atoms. The number of rotatable bonds is 5. The smallest absolute Gasteiger partial charge is 0.313 e. The zero-order chi connectivity index (χ0) is 11.4. The predicted octanol–water partition coefficient (Wildman–Crippen LogP) is 2.24. The first-order chi connectivity index (χ1) is 7.77. The zero-order valence-corrected chi connectivity index (χ0v) is 10.0. The molecule has 0 bridgehead atoms. The van der Waals surface area contributed by atoms with Crippen molar-refractivity contribution in [2.75, 3.05) is 13.2 Å². The molecule has 92 valence electrons. The molecule has 2 rings (SSSR count). The lowest BCUT2D eigenvalue weighted by Crippen LogP contribution is -2.41. The number of hydrogen-bond acceptors (Lipinski definition) is 3. The van der Waals surface area contributed by atoms with E-state index in [4.69, 9.17) is 10.5 Å². The fourth-order valence-electron chi connectivity index (χ4n) is 2.60. The van der Waals surface area contributed by atoms with Crippen molar-refractivity contribution in [1.82, 2.24) is 0 Å². The van der Waals surface area contributed by atoms with Crippen molar-refractivity contribution in [1.29, 1.82) is 0 Å². The van der Waals surface area contributed by atoms with Crippen molar-refractivity contribution >= 4 is 5.97 Å². The number of carbonyl (C=O) groups is 1. The largest absolute Gasteiger partial charge is 0.465 e. The summed E-state index contributed by atoms with van der Waals surface area (Å²) in [6.07, 6.45) is 9.00. The molecule has 0 amide bonds. The number of esters is 1. The molecular weight excluding hydrogens is 202 g/mol. The highest BCUT2D eigenvalue weighted by molar-refractivity contribution is 5.77. The summed E-state index contributed by atoms with van der Waals surface area (Å²) in [7, 11) is 0. The van der Waals surface area contributed by atoms with Crippen molar-refractivity contribution < 1.29 is 9.53 Å². The highest BCUT2D eigenvalue weighted by Crippen LogP contribution is 2.37. The summed E-state index contributed by atoms with van der Waals surface area (Å²) in [5, 5.41) is 0. The van der Waals surface area contributed by atoms with Gasteiger partial charge in [-0.15, -0.1) is 0 Å². The Morgan fingerprint density at radius 1 is 1.25 bits per heavy atom. The Bertz CT molecular complexity index is 242. The Morgan fingerprint density at radius 2 is 1.94 bits per heavy atom. The van der Waals surface area contributed by atoms with Crippen molar-refractivity contribution in [2.24, 2.45) is 17.1 Å². The molecule has 2 fully saturated rings. The van der Waals surface area contributed by atoms with Gasteiger partial charge in [0.1, 0.15) is 0 Å². The van der Waals surface area contributed by atoms with Crippen LogP contribution in [0.25, 0.3) is 0 Å². The predicted molar refractivity (Wildman–Crippen MR) is 62.9 cm³/mol. The van der Waals surface area contributed by atoms with Gasteiger partial charge in [0.25, 0.3) is 0 Å². The SMILES string of the molecule is NCC1(C(=O)OCCC2CC2)CCCCC1. The first kappa shape index (κ1) is 11.9. The minimum absolute atomic E-state index is 0.0321. The van der Waals surface area contributed by atoms with Gasteiger partial charge in [0, 0.05) is 6.54 Å². The van der Waals surface area contributed by atoms with Crippen LogP contribution in [-0.4, -0.2) is 19.1 Å². The summed E-state index contributed by atoms with van der Waals surface area (Å²) in [5.41, 5.74) is 5.44. The molecular formula is C13H23NO2. The third-order valence-corrected chi connectivity index (χ3v) is 4.09. The van der Waals surface area contributed by atoms with Crippen LogP contribution in [0.4, 0.5) is 0 Å². The van der Waals surface area contributed by atoms with Crippen LogP contribution in [0, 0.1) is 11.3 Å². The van der Waals surface area contributed by atoms with Gasteiger partial charge < -0.3 is 10.5 Å². The van der Waals surface area contributed by atoms with Crippen LogP contribution in [-0.2, 0) is 9.53 Å². The molecule has 0 aromatic heterocycles. The average molecular weight is 225 g/mol. The van der Waals surface area contributed by atoms with E-state index in [0.29, 0.717) is 13.2 Å². The van der Waals surface area contributed by atoms with Gasteiger partial charge in [0.15, 0.2) is 0 Å². The Morgan fingerprint density at radius 3 is 2.50 bits per heavy atom. The third-order valence-electron chi connectivity index (χ3n) is 4.09. The van der Waals surface area contributed by atoms with E-state index in [1.165, 1.54) is 19.3 Å². The molecule has 2 N–H and O–H groups in total. The molecule has 0 saturated heterocycles. The van der Waals surface area contributed by atoms with Gasteiger partial charge in [-0.3, -0.25) is 4.79 Å². The average Bonchev–Trinajstić information content (AvgIpc) is 3.14. The Hall–Kier alpha value is -0.570. The maximum atomic E-state index is 12.1. The molecule has 0 aromatic carbocycles. The van der Waals surface area contributed by atoms with Crippen molar-refractivity contribution in [3.05, 3.63) is 0 Å². The summed E-state index contributed by atoms with van der Waals surface area (Å²) >= 11 is 0. The first-order valence-corrected chi connectivity index (χ1v) is 6.64. The van der Waals surface area contributed by atoms with Crippen LogP contribution < -0.4 is 5.73 Å². The number of hydrogen-bond donors (Lipinski definition) is 1. The molecule has 0 radical (unpaired) electrons. The second kappa shape index (κ2) is 5.17. The van der Waals surface area contributed by atoms with Crippen LogP contribution >= 0.6 is 0 Å². The van der Waals surface area contributed by atoms with E-state index in [1.54, 1.807) is 0 Å². The van der Waals surface area contributed by atoms with Crippen molar-refractivity contribution in [3.8, 4) is 0 Å². The van der Waals surface area contributed by atoms with Crippen LogP contribution in [0.15, 0.2) is 0 Å². The second-order valence-corrected chi connectivity index (χ2v) is 5.41. The highest BCUT2D eigenvalue weighted by atomic mass is 16.5. The van der Waals surface area contributed by atoms with Gasteiger partial charge >= 0.3 is 5.97 Å². The van der Waals surface area contributed by atoms with E-state index in [-0.39, 0.29) is 11.4 Å². The normalized spacial score (nSPS) is 24.1. The lowest BCUT2D eigenvalue weighted by Gasteiger charge is -2.33. The van der Waals surface area contributed by atoms with Crippen molar-refractivity contribution in [3.63, 3.8) is 0 Å². The Kier molecular flexibility index (Phi) is 3.85. The zero-order valence-electron chi connectivity index (χ0n) is 10.0. The molecule has 0 spiro atoms. The third kappa shape index (κ3) is 2.76. The standard InChI is InChI=1S/C13H23NO2/c14-10-13(7-2-1-3-8-13)12(15)16-9-6-11-4-5-11/h11H,1-10,14H2. The lowest BCUT2D eigenvalue weighted by molar-refractivity contribution is -0.157. The summed E-state index contributed by atoms with van der Waals surface area (Å²) in [5.74, 6) is 0.795. The molecule has 2 aliphatic rings. The van der Waals surface area contributed by atoms with Gasteiger partial charge in [0.05, 0.1) is 12.0 Å². The van der Waals surface area contributed by atoms with Crippen LogP contribution in [0.1, 0.15) is 51.4 Å². The molecule has 3 nitrogen and oxygen atoms in total. The number of ether oxygens (including phenoxy) is 1. The van der Waals surface area contributed by atoms with Crippen molar-refractivity contribution in [2.45, 2.75) is 51.4 Å². The maximum absolute atomic E-state index is 12.1. The Balaban J connectivity index is 1.79. The molecule has 0 heterocycles. The summed E-state index contributed by atoms with van der Waals surface area (Å²) in [6.45, 7) is 1.06. The summed E-state index contributed by atoms with van der Waals surface area (Å²) < 4.78 is 5.41. The van der Waals surface area contributed by atoms with E-state index >= 15 is 0 Å². The Labute approximate surface area is 97.7 Å². The van der Waals surface area contributed by atoms with Gasteiger partial charge in [-0.05, 0) is 25.2 Å². The second-order valence-electron chi connectivity index (χ2n) is 5.41. The lowest BCUT2D eigenvalue weighted by atomic mass is 9.74. The number of carbonyl (C=O) groups excluding carboxylic acids is 1. The minimum atomic E-state index is -0.345. The van der Waals surface area contributed by atoms with E-state index in [1.807, 2.05) is 0 Å². The van der Waals surface area contributed by atoms with E-state index < -0.39 is 0 Å². The summed E-state index contributed by atoms with van der Waals surface area (Å²) in [4.78, 5) is 12.1. The molecule has 2 saturated carbocycles. The van der Waals surface area contributed by atoms with E-state index in [9.17, 15) is 4.79 Å². The maximum Gasteiger partial charge on any atom is 0.313 e. The van der Waals surface area contributed by atoms with Gasteiger partial charge in [-0.2, -0.15) is 0 Å². The first-order valence-electron chi connectivity index (χ1n) is 6.64. The highest BCUT2D eigenvalue weighted by Gasteiger charge is 2.39. The molecule has 3 heteroatoms. The van der Waals surface area contributed by atoms with Gasteiger partial charge in [0.2, 0.25) is 0 Å². The fourth-order valence-corrected chi connectivity index (χ4v) is 2.60. The minimum Gasteiger partial charge on any atom is -0.465 e. The van der Waals surface area contributed by atoms with Crippen LogP contribution in [0.3, 0.4) is 0 Å². The molecule has 0 aromatic rings. The molecule has 0 aliphatic heterocycles. The fraction of sp³-hybridized carbons (Fsp3) is 0.923. The quantitative estimate of drug-likeness (QED) is 0.730. The molecule has 2 aliphatic carbocycles. The topological polar surface area (TPSA) is 52.3 Å². The van der Waals surface area contributed by atoms with Gasteiger partial charge in [-0.25, -0.2) is 0 Å². The van der Waals surface area contributed by atoms with E-state index in [2.05, 4.69) is 0 Å². The number of nitrogens with two attached hydrogens (primary N) is 1. The summed E-state index contributed by atoms with van der Waals surface area (Å²) in [6, 6.07) is 0. The van der Waals surface area contributed by atoms with Gasteiger partial charge in [-0.1, -0.05) is 32.1 Å². The van der Waals surface area contributed by atoms with E-state index in [0.717, 1.165) is 38.0 Å².